The number of thioether (sulfide) groups is 1. The number of carbonyl (C=O) groups is 1. The first-order valence-corrected chi connectivity index (χ1v) is 12.2. The lowest BCUT2D eigenvalue weighted by molar-refractivity contribution is -0.384. The molecular weight excluding hydrogens is 523 g/mol. The van der Waals surface area contributed by atoms with Crippen LogP contribution in [0.1, 0.15) is 11.1 Å². The lowest BCUT2D eigenvalue weighted by atomic mass is 10.2. The molecule has 0 aliphatic rings. The zero-order valence-electron chi connectivity index (χ0n) is 18.8. The van der Waals surface area contributed by atoms with Gasteiger partial charge in [0.1, 0.15) is 0 Å². The zero-order chi connectivity index (χ0) is 25.7. The number of nitro groups is 1. The number of hydrogen-bond acceptors (Lipinski definition) is 7. The lowest BCUT2D eigenvalue weighted by Gasteiger charge is -2.10. The summed E-state index contributed by atoms with van der Waals surface area (Å²) in [5, 5.41) is 24.9. The standard InChI is InChI=1S/C24H18Cl2N6O3S/c1-15-2-8-19(9-3-15)31-23(16-4-6-18(25)7-5-16)29-30-24(31)36-14-22(33)28-27-13-17-12-20(32(34)35)10-11-21(17)26/h2-13H,14H2,1H3,(H,28,33)/b27-13-. The Balaban J connectivity index is 1.50. The summed E-state index contributed by atoms with van der Waals surface area (Å²) >= 11 is 13.3. The molecule has 0 spiro atoms. The lowest BCUT2D eigenvalue weighted by Crippen LogP contribution is -2.20. The van der Waals surface area contributed by atoms with Crippen LogP contribution in [0.25, 0.3) is 17.1 Å². The largest absolute Gasteiger partial charge is 0.272 e. The van der Waals surface area contributed by atoms with Crippen molar-refractivity contribution < 1.29 is 9.72 Å². The molecule has 0 radical (unpaired) electrons. The van der Waals surface area contributed by atoms with Crippen molar-refractivity contribution in [2.24, 2.45) is 5.10 Å². The molecule has 1 N–H and O–H groups in total. The molecule has 36 heavy (non-hydrogen) atoms. The summed E-state index contributed by atoms with van der Waals surface area (Å²) in [6, 6.07) is 19.1. The Morgan fingerprint density at radius 2 is 1.83 bits per heavy atom. The van der Waals surface area contributed by atoms with Gasteiger partial charge < -0.3 is 0 Å². The van der Waals surface area contributed by atoms with E-state index in [9.17, 15) is 14.9 Å². The van der Waals surface area contributed by atoms with Gasteiger partial charge in [0.05, 0.1) is 16.9 Å². The number of halogens is 2. The fourth-order valence-corrected chi connectivity index (χ4v) is 4.19. The minimum absolute atomic E-state index is 0.00459. The van der Waals surface area contributed by atoms with Crippen LogP contribution in [-0.2, 0) is 4.79 Å². The van der Waals surface area contributed by atoms with E-state index < -0.39 is 10.8 Å². The van der Waals surface area contributed by atoms with Crippen LogP contribution in [-0.4, -0.2) is 37.6 Å². The van der Waals surface area contributed by atoms with Crippen molar-refractivity contribution in [3.05, 3.63) is 98.0 Å². The number of benzene rings is 3. The number of nitro benzene ring substituents is 1. The third-order valence-electron chi connectivity index (χ3n) is 4.94. The van der Waals surface area contributed by atoms with Gasteiger partial charge in [0.2, 0.25) is 0 Å². The SMILES string of the molecule is Cc1ccc(-n2c(SCC(=O)N/N=C\c3cc([N+](=O)[O-])ccc3Cl)nnc2-c2ccc(Cl)cc2)cc1. The summed E-state index contributed by atoms with van der Waals surface area (Å²) < 4.78 is 1.87. The smallest absolute Gasteiger partial charge is 0.270 e. The summed E-state index contributed by atoms with van der Waals surface area (Å²) in [7, 11) is 0. The average molecular weight is 541 g/mol. The van der Waals surface area contributed by atoms with E-state index >= 15 is 0 Å². The van der Waals surface area contributed by atoms with Crippen molar-refractivity contribution in [3.63, 3.8) is 0 Å². The molecule has 0 aliphatic carbocycles. The molecule has 0 saturated carbocycles. The second-order valence-corrected chi connectivity index (χ2v) is 9.31. The molecule has 4 aromatic rings. The number of nitrogens with zero attached hydrogens (tertiary/aromatic N) is 5. The Bertz CT molecular complexity index is 1440. The molecule has 0 fully saturated rings. The van der Waals surface area contributed by atoms with Gasteiger partial charge in [0.15, 0.2) is 11.0 Å². The third kappa shape index (κ3) is 6.09. The van der Waals surface area contributed by atoms with Crippen LogP contribution < -0.4 is 5.43 Å². The molecule has 1 amide bonds. The van der Waals surface area contributed by atoms with E-state index in [1.54, 1.807) is 12.1 Å². The van der Waals surface area contributed by atoms with Crippen molar-refractivity contribution >= 4 is 52.8 Å². The van der Waals surface area contributed by atoms with Crippen LogP contribution in [0, 0.1) is 17.0 Å². The molecule has 0 atom stereocenters. The van der Waals surface area contributed by atoms with Gasteiger partial charge in [-0.05, 0) is 49.4 Å². The highest BCUT2D eigenvalue weighted by Gasteiger charge is 2.17. The van der Waals surface area contributed by atoms with Crippen molar-refractivity contribution in [1.82, 2.24) is 20.2 Å². The van der Waals surface area contributed by atoms with Gasteiger partial charge in [-0.25, -0.2) is 5.43 Å². The van der Waals surface area contributed by atoms with E-state index in [1.165, 1.54) is 36.2 Å². The number of aromatic nitrogens is 3. The van der Waals surface area contributed by atoms with Crippen LogP contribution in [0.4, 0.5) is 5.69 Å². The number of non-ortho nitro benzene ring substituents is 1. The maximum atomic E-state index is 12.4. The fraction of sp³-hybridized carbons (Fsp3) is 0.0833. The molecule has 9 nitrogen and oxygen atoms in total. The predicted octanol–water partition coefficient (Wildman–Crippen LogP) is 5.70. The summed E-state index contributed by atoms with van der Waals surface area (Å²) in [5.41, 5.74) is 5.35. The summed E-state index contributed by atoms with van der Waals surface area (Å²) in [5.74, 6) is 0.214. The number of nitrogens with one attached hydrogen (secondary N) is 1. The molecule has 0 aliphatic heterocycles. The number of amides is 1. The van der Waals surface area contributed by atoms with Crippen molar-refractivity contribution in [2.75, 3.05) is 5.75 Å². The van der Waals surface area contributed by atoms with Gasteiger partial charge in [0, 0.05) is 39.0 Å². The number of carbonyl (C=O) groups excluding carboxylic acids is 1. The maximum Gasteiger partial charge on any atom is 0.270 e. The molecular formula is C24H18Cl2N6O3S. The van der Waals surface area contributed by atoms with Gasteiger partial charge in [-0.2, -0.15) is 5.10 Å². The highest BCUT2D eigenvalue weighted by atomic mass is 35.5. The number of aryl methyl sites for hydroxylation is 1. The van der Waals surface area contributed by atoms with Crippen LogP contribution in [0.3, 0.4) is 0 Å². The van der Waals surface area contributed by atoms with E-state index in [1.807, 2.05) is 47.9 Å². The van der Waals surface area contributed by atoms with E-state index in [2.05, 4.69) is 20.7 Å². The quantitative estimate of drug-likeness (QED) is 0.132. The van der Waals surface area contributed by atoms with Gasteiger partial charge in [-0.3, -0.25) is 19.5 Å². The first kappa shape index (κ1) is 25.4. The Morgan fingerprint density at radius 1 is 1.11 bits per heavy atom. The second-order valence-electron chi connectivity index (χ2n) is 7.53. The monoisotopic (exact) mass is 540 g/mol. The molecule has 0 unspecified atom stereocenters. The van der Waals surface area contributed by atoms with Gasteiger partial charge in [0.25, 0.3) is 11.6 Å². The van der Waals surface area contributed by atoms with Crippen molar-refractivity contribution in [3.8, 4) is 17.1 Å². The van der Waals surface area contributed by atoms with Crippen LogP contribution >= 0.6 is 35.0 Å². The molecule has 0 bridgehead atoms. The summed E-state index contributed by atoms with van der Waals surface area (Å²) in [6.07, 6.45) is 1.26. The normalized spacial score (nSPS) is 11.1. The molecule has 4 rings (SSSR count). The van der Waals surface area contributed by atoms with Crippen molar-refractivity contribution in [2.45, 2.75) is 12.1 Å². The first-order chi connectivity index (χ1) is 17.3. The topological polar surface area (TPSA) is 115 Å². The maximum absolute atomic E-state index is 12.4. The first-order valence-electron chi connectivity index (χ1n) is 10.5. The minimum Gasteiger partial charge on any atom is -0.272 e. The van der Waals surface area contributed by atoms with Gasteiger partial charge in [-0.15, -0.1) is 10.2 Å². The number of hydrazone groups is 1. The highest BCUT2D eigenvalue weighted by molar-refractivity contribution is 7.99. The Kier molecular flexibility index (Phi) is 7.99. The van der Waals surface area contributed by atoms with Crippen LogP contribution in [0.15, 0.2) is 77.0 Å². The summed E-state index contributed by atoms with van der Waals surface area (Å²) in [6.45, 7) is 2.00. The molecule has 182 valence electrons. The predicted molar refractivity (Wildman–Crippen MR) is 141 cm³/mol. The Labute approximate surface area is 220 Å². The van der Waals surface area contributed by atoms with Crippen LogP contribution in [0.2, 0.25) is 10.0 Å². The van der Waals surface area contributed by atoms with E-state index in [-0.39, 0.29) is 16.5 Å². The number of hydrogen-bond donors (Lipinski definition) is 1. The molecule has 3 aromatic carbocycles. The Morgan fingerprint density at radius 3 is 2.53 bits per heavy atom. The van der Waals surface area contributed by atoms with E-state index in [0.29, 0.717) is 21.6 Å². The van der Waals surface area contributed by atoms with Gasteiger partial charge in [-0.1, -0.05) is 52.7 Å². The Hall–Kier alpha value is -3.73. The molecule has 12 heteroatoms. The van der Waals surface area contributed by atoms with Crippen molar-refractivity contribution in [1.29, 1.82) is 0 Å². The minimum atomic E-state index is -0.536. The second kappa shape index (κ2) is 11.3. The van der Waals surface area contributed by atoms with Crippen LogP contribution in [0.5, 0.6) is 0 Å². The van der Waals surface area contributed by atoms with E-state index in [0.717, 1.165) is 16.8 Å². The fourth-order valence-electron chi connectivity index (χ4n) is 3.16. The summed E-state index contributed by atoms with van der Waals surface area (Å²) in [4.78, 5) is 22.8. The molecule has 1 aromatic heterocycles. The molecule has 0 saturated heterocycles. The number of rotatable bonds is 8. The zero-order valence-corrected chi connectivity index (χ0v) is 21.1. The average Bonchev–Trinajstić information content (AvgIpc) is 3.28. The highest BCUT2D eigenvalue weighted by Crippen LogP contribution is 2.29. The van der Waals surface area contributed by atoms with Gasteiger partial charge >= 0.3 is 0 Å². The third-order valence-corrected chi connectivity index (χ3v) is 6.47. The molecule has 1 heterocycles. The van der Waals surface area contributed by atoms with E-state index in [4.69, 9.17) is 23.2 Å².